The number of rotatable bonds is 4. The summed E-state index contributed by atoms with van der Waals surface area (Å²) in [6, 6.07) is -0.843. The summed E-state index contributed by atoms with van der Waals surface area (Å²) in [5.41, 5.74) is -0.149. The molecule has 14 heavy (non-hydrogen) atoms. The summed E-state index contributed by atoms with van der Waals surface area (Å²) in [5.74, 6) is -1.34. The Bertz CT molecular complexity index is 221. The molecule has 5 nitrogen and oxygen atoms in total. The lowest BCUT2D eigenvalue weighted by atomic mass is 10.1. The van der Waals surface area contributed by atoms with Gasteiger partial charge in [0.25, 0.3) is 0 Å². The summed E-state index contributed by atoms with van der Waals surface area (Å²) in [6.07, 6.45) is 0. The minimum atomic E-state index is -1.03. The number of amides is 1. The molecule has 0 bridgehead atoms. The van der Waals surface area contributed by atoms with Gasteiger partial charge in [-0.1, -0.05) is 0 Å². The first kappa shape index (κ1) is 12.9. The predicted molar refractivity (Wildman–Crippen MR) is 53.0 cm³/mol. The van der Waals surface area contributed by atoms with Crippen molar-refractivity contribution < 1.29 is 14.7 Å². The fourth-order valence-corrected chi connectivity index (χ4v) is 0.700. The third-order valence-corrected chi connectivity index (χ3v) is 1.53. The molecule has 0 fully saturated rings. The number of nitrogens with one attached hydrogen (secondary N) is 2. The molecule has 0 spiro atoms. The zero-order valence-electron chi connectivity index (χ0n) is 9.05. The minimum Gasteiger partial charge on any atom is -0.480 e. The first-order chi connectivity index (χ1) is 6.22. The molecule has 0 aromatic heterocycles. The monoisotopic (exact) mass is 202 g/mol. The second-order valence-electron chi connectivity index (χ2n) is 4.23. The van der Waals surface area contributed by atoms with Gasteiger partial charge in [0.1, 0.15) is 6.04 Å². The van der Waals surface area contributed by atoms with Gasteiger partial charge in [0.2, 0.25) is 5.91 Å². The van der Waals surface area contributed by atoms with Gasteiger partial charge in [0.15, 0.2) is 0 Å². The molecule has 82 valence electrons. The van der Waals surface area contributed by atoms with Crippen molar-refractivity contribution in [2.24, 2.45) is 0 Å². The van der Waals surface area contributed by atoms with Crippen LogP contribution in [-0.4, -0.2) is 35.1 Å². The van der Waals surface area contributed by atoms with Crippen LogP contribution in [0.1, 0.15) is 27.7 Å². The maximum absolute atomic E-state index is 11.2. The number of hydrogen-bond acceptors (Lipinski definition) is 3. The number of aliphatic carboxylic acids is 1. The van der Waals surface area contributed by atoms with Crippen molar-refractivity contribution in [3.05, 3.63) is 0 Å². The Morgan fingerprint density at radius 2 is 1.86 bits per heavy atom. The van der Waals surface area contributed by atoms with Crippen LogP contribution in [0, 0.1) is 0 Å². The molecule has 0 aliphatic carbocycles. The first-order valence-electron chi connectivity index (χ1n) is 4.49. The Labute approximate surface area is 83.9 Å². The summed E-state index contributed by atoms with van der Waals surface area (Å²) < 4.78 is 0. The Kier molecular flexibility index (Phi) is 4.56. The second-order valence-corrected chi connectivity index (χ2v) is 4.23. The SMILES string of the molecule is C[C@H](NC(=O)CNC(C)(C)C)C(=O)O. The highest BCUT2D eigenvalue weighted by Gasteiger charge is 2.15. The summed E-state index contributed by atoms with van der Waals surface area (Å²) >= 11 is 0. The van der Waals surface area contributed by atoms with Crippen LogP contribution in [-0.2, 0) is 9.59 Å². The van der Waals surface area contributed by atoms with E-state index in [1.165, 1.54) is 6.92 Å². The Morgan fingerprint density at radius 1 is 1.36 bits per heavy atom. The highest BCUT2D eigenvalue weighted by atomic mass is 16.4. The normalized spacial score (nSPS) is 13.4. The molecular formula is C9H18N2O3. The van der Waals surface area contributed by atoms with Crippen LogP contribution in [0.15, 0.2) is 0 Å². The van der Waals surface area contributed by atoms with E-state index in [1.54, 1.807) is 0 Å². The molecule has 0 rings (SSSR count). The van der Waals surface area contributed by atoms with E-state index < -0.39 is 12.0 Å². The third kappa shape index (κ3) is 6.42. The maximum Gasteiger partial charge on any atom is 0.325 e. The van der Waals surface area contributed by atoms with E-state index in [2.05, 4.69) is 10.6 Å². The van der Waals surface area contributed by atoms with Gasteiger partial charge in [-0.2, -0.15) is 0 Å². The minimum absolute atomic E-state index is 0.126. The summed E-state index contributed by atoms with van der Waals surface area (Å²) in [6.45, 7) is 7.35. The van der Waals surface area contributed by atoms with Crippen molar-refractivity contribution in [1.29, 1.82) is 0 Å². The third-order valence-electron chi connectivity index (χ3n) is 1.53. The van der Waals surface area contributed by atoms with E-state index in [4.69, 9.17) is 5.11 Å². The van der Waals surface area contributed by atoms with Crippen molar-refractivity contribution in [3.8, 4) is 0 Å². The quantitative estimate of drug-likeness (QED) is 0.598. The lowest BCUT2D eigenvalue weighted by molar-refractivity contribution is -0.141. The molecule has 0 aliphatic heterocycles. The predicted octanol–water partition coefficient (Wildman–Crippen LogP) is -0.0362. The van der Waals surface area contributed by atoms with E-state index in [0.29, 0.717) is 0 Å². The molecule has 0 aromatic rings. The standard InChI is InChI=1S/C9H18N2O3/c1-6(8(13)14)11-7(12)5-10-9(2,3)4/h6,10H,5H2,1-4H3,(H,11,12)(H,13,14)/t6-/m0/s1. The molecule has 1 amide bonds. The molecule has 3 N–H and O–H groups in total. The second kappa shape index (κ2) is 4.95. The zero-order valence-corrected chi connectivity index (χ0v) is 9.05. The van der Waals surface area contributed by atoms with Crippen LogP contribution in [0.3, 0.4) is 0 Å². The average molecular weight is 202 g/mol. The Balaban J connectivity index is 3.83. The lowest BCUT2D eigenvalue weighted by Crippen LogP contribution is -2.47. The number of carboxylic acid groups (broad SMARTS) is 1. The van der Waals surface area contributed by atoms with Gasteiger partial charge in [0, 0.05) is 5.54 Å². The summed E-state index contributed by atoms with van der Waals surface area (Å²) in [7, 11) is 0. The number of carbonyl (C=O) groups excluding carboxylic acids is 1. The van der Waals surface area contributed by atoms with Crippen LogP contribution in [0.4, 0.5) is 0 Å². The molecule has 0 saturated carbocycles. The van der Waals surface area contributed by atoms with Gasteiger partial charge >= 0.3 is 5.97 Å². The summed E-state index contributed by atoms with van der Waals surface area (Å²) in [4.78, 5) is 21.6. The van der Waals surface area contributed by atoms with Crippen molar-refractivity contribution in [3.63, 3.8) is 0 Å². The smallest absolute Gasteiger partial charge is 0.325 e. The molecule has 0 aliphatic rings. The molecule has 0 radical (unpaired) electrons. The fourth-order valence-electron chi connectivity index (χ4n) is 0.700. The Hall–Kier alpha value is -1.10. The van der Waals surface area contributed by atoms with Crippen molar-refractivity contribution in [1.82, 2.24) is 10.6 Å². The molecule has 0 saturated heterocycles. The molecule has 0 heterocycles. The number of carbonyl (C=O) groups is 2. The topological polar surface area (TPSA) is 78.4 Å². The van der Waals surface area contributed by atoms with Crippen LogP contribution < -0.4 is 10.6 Å². The van der Waals surface area contributed by atoms with E-state index in [9.17, 15) is 9.59 Å². The lowest BCUT2D eigenvalue weighted by Gasteiger charge is -2.20. The van der Waals surface area contributed by atoms with Gasteiger partial charge in [-0.15, -0.1) is 0 Å². The van der Waals surface area contributed by atoms with E-state index in [-0.39, 0.29) is 18.0 Å². The molecule has 0 aromatic carbocycles. The van der Waals surface area contributed by atoms with Crippen LogP contribution >= 0.6 is 0 Å². The summed E-state index contributed by atoms with van der Waals surface area (Å²) in [5, 5.41) is 13.8. The average Bonchev–Trinajstić information content (AvgIpc) is 1.99. The van der Waals surface area contributed by atoms with Gasteiger partial charge in [-0.25, -0.2) is 0 Å². The molecule has 5 heteroatoms. The zero-order chi connectivity index (χ0) is 11.4. The van der Waals surface area contributed by atoms with Gasteiger partial charge in [-0.05, 0) is 27.7 Å². The van der Waals surface area contributed by atoms with Crippen LogP contribution in [0.2, 0.25) is 0 Å². The first-order valence-corrected chi connectivity index (χ1v) is 4.49. The van der Waals surface area contributed by atoms with Gasteiger partial charge in [-0.3, -0.25) is 9.59 Å². The van der Waals surface area contributed by atoms with Crippen LogP contribution in [0.5, 0.6) is 0 Å². The van der Waals surface area contributed by atoms with E-state index in [1.807, 2.05) is 20.8 Å². The van der Waals surface area contributed by atoms with Crippen LogP contribution in [0.25, 0.3) is 0 Å². The highest BCUT2D eigenvalue weighted by Crippen LogP contribution is 1.96. The van der Waals surface area contributed by atoms with Gasteiger partial charge < -0.3 is 15.7 Å². The van der Waals surface area contributed by atoms with E-state index in [0.717, 1.165) is 0 Å². The Morgan fingerprint density at radius 3 is 2.21 bits per heavy atom. The maximum atomic E-state index is 11.2. The molecular weight excluding hydrogens is 184 g/mol. The molecule has 0 unspecified atom stereocenters. The largest absolute Gasteiger partial charge is 0.480 e. The van der Waals surface area contributed by atoms with Crippen molar-refractivity contribution in [2.45, 2.75) is 39.3 Å². The number of carboxylic acids is 1. The van der Waals surface area contributed by atoms with Crippen molar-refractivity contribution >= 4 is 11.9 Å². The fraction of sp³-hybridized carbons (Fsp3) is 0.778. The number of hydrogen-bond donors (Lipinski definition) is 3. The van der Waals surface area contributed by atoms with Gasteiger partial charge in [0.05, 0.1) is 6.54 Å². The highest BCUT2D eigenvalue weighted by molar-refractivity contribution is 5.84. The molecule has 1 atom stereocenters. The van der Waals surface area contributed by atoms with E-state index >= 15 is 0 Å². The van der Waals surface area contributed by atoms with Crippen molar-refractivity contribution in [2.75, 3.05) is 6.54 Å².